The molecule has 0 saturated carbocycles. The number of rotatable bonds is 9. The summed E-state index contributed by atoms with van der Waals surface area (Å²) in [5.41, 5.74) is 0. The predicted octanol–water partition coefficient (Wildman–Crippen LogP) is -0.867. The van der Waals surface area contributed by atoms with Gasteiger partial charge in [-0.1, -0.05) is 13.8 Å². The molecule has 0 fully saturated rings. The summed E-state index contributed by atoms with van der Waals surface area (Å²) in [5, 5.41) is 11.9. The third kappa shape index (κ3) is 6.39. The van der Waals surface area contributed by atoms with Crippen LogP contribution in [0.3, 0.4) is 0 Å². The van der Waals surface area contributed by atoms with Crippen molar-refractivity contribution in [1.29, 1.82) is 0 Å². The van der Waals surface area contributed by atoms with Gasteiger partial charge in [0.2, 0.25) is 0 Å². The summed E-state index contributed by atoms with van der Waals surface area (Å²) in [7, 11) is -3.34. The van der Waals surface area contributed by atoms with Gasteiger partial charge in [0.1, 0.15) is 0 Å². The van der Waals surface area contributed by atoms with E-state index in [4.69, 9.17) is 5.11 Å². The van der Waals surface area contributed by atoms with Gasteiger partial charge in [-0.25, -0.2) is 4.72 Å². The number of hydrogen-bond donors (Lipinski definition) is 3. The largest absolute Gasteiger partial charge is 0.392 e. The van der Waals surface area contributed by atoms with Crippen molar-refractivity contribution < 1.29 is 13.5 Å². The van der Waals surface area contributed by atoms with Gasteiger partial charge in [0.25, 0.3) is 10.2 Å². The maximum Gasteiger partial charge on any atom is 0.279 e. The van der Waals surface area contributed by atoms with Crippen LogP contribution in [-0.4, -0.2) is 56.7 Å². The summed E-state index contributed by atoms with van der Waals surface area (Å²) in [6, 6.07) is 0. The lowest BCUT2D eigenvalue weighted by atomic mass is 10.4. The van der Waals surface area contributed by atoms with E-state index in [0.29, 0.717) is 32.7 Å². The van der Waals surface area contributed by atoms with Gasteiger partial charge >= 0.3 is 0 Å². The minimum Gasteiger partial charge on any atom is -0.392 e. The molecule has 16 heavy (non-hydrogen) atoms. The molecule has 0 aliphatic carbocycles. The molecule has 7 heteroatoms. The van der Waals surface area contributed by atoms with Crippen LogP contribution in [0, 0.1) is 0 Å². The lowest BCUT2D eigenvalue weighted by Crippen LogP contribution is -2.43. The van der Waals surface area contributed by atoms with Crippen LogP contribution in [0.15, 0.2) is 0 Å². The molecule has 6 nitrogen and oxygen atoms in total. The van der Waals surface area contributed by atoms with E-state index in [1.165, 1.54) is 4.31 Å². The van der Waals surface area contributed by atoms with E-state index >= 15 is 0 Å². The van der Waals surface area contributed by atoms with Crippen molar-refractivity contribution >= 4 is 10.2 Å². The van der Waals surface area contributed by atoms with Crippen molar-refractivity contribution in [2.45, 2.75) is 26.9 Å². The van der Waals surface area contributed by atoms with Gasteiger partial charge in [-0.3, -0.25) is 0 Å². The second-order valence-corrected chi connectivity index (χ2v) is 5.29. The number of nitrogens with one attached hydrogen (secondary N) is 2. The van der Waals surface area contributed by atoms with E-state index in [1.807, 2.05) is 0 Å². The number of nitrogens with zero attached hydrogens (tertiary/aromatic N) is 1. The Labute approximate surface area is 98.2 Å². The molecule has 0 aromatic rings. The molecule has 0 aromatic heterocycles. The maximum atomic E-state index is 11.6. The Morgan fingerprint density at radius 3 is 2.25 bits per heavy atom. The fourth-order valence-corrected chi connectivity index (χ4v) is 2.46. The van der Waals surface area contributed by atoms with E-state index < -0.39 is 16.3 Å². The molecule has 0 amide bonds. The normalized spacial score (nSPS) is 14.3. The second-order valence-electron chi connectivity index (χ2n) is 3.54. The summed E-state index contributed by atoms with van der Waals surface area (Å²) < 4.78 is 27.1. The fraction of sp³-hybridized carbons (Fsp3) is 1.00. The first-order chi connectivity index (χ1) is 7.44. The smallest absolute Gasteiger partial charge is 0.279 e. The van der Waals surface area contributed by atoms with E-state index in [-0.39, 0.29) is 0 Å². The van der Waals surface area contributed by atoms with Crippen molar-refractivity contribution in [3.8, 4) is 0 Å². The first-order valence-corrected chi connectivity index (χ1v) is 7.01. The number of aliphatic hydroxyl groups is 1. The average Bonchev–Trinajstić information content (AvgIpc) is 2.17. The minimum absolute atomic E-state index is 0.325. The van der Waals surface area contributed by atoms with Crippen LogP contribution < -0.4 is 10.0 Å². The quantitative estimate of drug-likeness (QED) is 0.467. The van der Waals surface area contributed by atoms with Gasteiger partial charge in [-0.15, -0.1) is 0 Å². The third-order valence-corrected chi connectivity index (χ3v) is 3.84. The van der Waals surface area contributed by atoms with Crippen molar-refractivity contribution in [3.63, 3.8) is 0 Å². The monoisotopic (exact) mass is 253 g/mol. The van der Waals surface area contributed by atoms with Crippen molar-refractivity contribution in [2.24, 2.45) is 0 Å². The van der Waals surface area contributed by atoms with Gasteiger partial charge in [0.15, 0.2) is 0 Å². The highest BCUT2D eigenvalue weighted by molar-refractivity contribution is 7.87. The molecule has 0 saturated heterocycles. The Morgan fingerprint density at radius 1 is 1.25 bits per heavy atom. The maximum absolute atomic E-state index is 11.6. The van der Waals surface area contributed by atoms with Crippen molar-refractivity contribution in [1.82, 2.24) is 14.3 Å². The third-order valence-electron chi connectivity index (χ3n) is 2.07. The van der Waals surface area contributed by atoms with Gasteiger partial charge < -0.3 is 10.4 Å². The summed E-state index contributed by atoms with van der Waals surface area (Å²) >= 11 is 0. The van der Waals surface area contributed by atoms with Gasteiger partial charge in [0.05, 0.1) is 6.10 Å². The molecule has 0 spiro atoms. The number of aliphatic hydroxyl groups excluding tert-OH is 1. The van der Waals surface area contributed by atoms with Crippen LogP contribution in [0.5, 0.6) is 0 Å². The topological polar surface area (TPSA) is 81.7 Å². The SMILES string of the molecule is CCN(CC)S(=O)(=O)NCCNCC(C)O. The van der Waals surface area contributed by atoms with E-state index in [9.17, 15) is 8.42 Å². The van der Waals surface area contributed by atoms with Gasteiger partial charge in [0, 0.05) is 32.7 Å². The van der Waals surface area contributed by atoms with Crippen LogP contribution >= 0.6 is 0 Å². The highest BCUT2D eigenvalue weighted by Crippen LogP contribution is 1.95. The highest BCUT2D eigenvalue weighted by atomic mass is 32.2. The molecule has 0 aliphatic heterocycles. The lowest BCUT2D eigenvalue weighted by Gasteiger charge is -2.18. The summed E-state index contributed by atoms with van der Waals surface area (Å²) in [6.07, 6.45) is -0.417. The standard InChI is InChI=1S/C9H23N3O3S/c1-4-12(5-2)16(14,15)11-7-6-10-8-9(3)13/h9-11,13H,4-8H2,1-3H3. The summed E-state index contributed by atoms with van der Waals surface area (Å²) in [4.78, 5) is 0. The summed E-state index contributed by atoms with van der Waals surface area (Å²) in [6.45, 7) is 7.50. The zero-order chi connectivity index (χ0) is 12.6. The molecule has 3 N–H and O–H groups in total. The Balaban J connectivity index is 3.83. The molecule has 0 heterocycles. The van der Waals surface area contributed by atoms with Crippen LogP contribution in [0.25, 0.3) is 0 Å². The molecule has 0 rings (SSSR count). The van der Waals surface area contributed by atoms with E-state index in [0.717, 1.165) is 0 Å². The highest BCUT2D eigenvalue weighted by Gasteiger charge is 2.16. The first-order valence-electron chi connectivity index (χ1n) is 5.57. The Kier molecular flexibility index (Phi) is 7.86. The lowest BCUT2D eigenvalue weighted by molar-refractivity contribution is 0.192. The van der Waals surface area contributed by atoms with Crippen LogP contribution in [0.1, 0.15) is 20.8 Å². The molecule has 98 valence electrons. The predicted molar refractivity (Wildman–Crippen MR) is 64.4 cm³/mol. The molecule has 1 atom stereocenters. The van der Waals surface area contributed by atoms with E-state index in [1.54, 1.807) is 20.8 Å². The van der Waals surface area contributed by atoms with Gasteiger partial charge in [-0.2, -0.15) is 12.7 Å². The second kappa shape index (κ2) is 7.97. The number of hydrogen-bond acceptors (Lipinski definition) is 4. The van der Waals surface area contributed by atoms with Gasteiger partial charge in [-0.05, 0) is 6.92 Å². The van der Waals surface area contributed by atoms with Crippen LogP contribution in [0.4, 0.5) is 0 Å². The molecular weight excluding hydrogens is 230 g/mol. The van der Waals surface area contributed by atoms with Crippen LogP contribution in [0.2, 0.25) is 0 Å². The molecular formula is C9H23N3O3S. The Morgan fingerprint density at radius 2 is 1.81 bits per heavy atom. The van der Waals surface area contributed by atoms with Crippen molar-refractivity contribution in [2.75, 3.05) is 32.7 Å². The Bertz CT molecular complexity index is 263. The summed E-state index contributed by atoms with van der Waals surface area (Å²) in [5.74, 6) is 0. The molecule has 0 aliphatic rings. The molecule has 0 bridgehead atoms. The zero-order valence-electron chi connectivity index (χ0n) is 10.2. The zero-order valence-corrected chi connectivity index (χ0v) is 11.0. The van der Waals surface area contributed by atoms with Crippen molar-refractivity contribution in [3.05, 3.63) is 0 Å². The molecule has 0 radical (unpaired) electrons. The average molecular weight is 253 g/mol. The Hall–Kier alpha value is -0.210. The first kappa shape index (κ1) is 15.8. The fourth-order valence-electron chi connectivity index (χ4n) is 1.23. The molecule has 0 aromatic carbocycles. The molecule has 1 unspecified atom stereocenters. The van der Waals surface area contributed by atoms with E-state index in [2.05, 4.69) is 10.0 Å². The minimum atomic E-state index is -3.34. The van der Waals surface area contributed by atoms with Crippen LogP contribution in [-0.2, 0) is 10.2 Å².